The van der Waals surface area contributed by atoms with E-state index in [4.69, 9.17) is 9.47 Å². The molecular weight excluding hydrogens is 266 g/mol. The fraction of sp³-hybridized carbons (Fsp3) is 0.125. The van der Waals surface area contributed by atoms with Crippen LogP contribution in [0.3, 0.4) is 0 Å². The molecule has 5 nitrogen and oxygen atoms in total. The van der Waals surface area contributed by atoms with Gasteiger partial charge in [0, 0.05) is 6.54 Å². The smallest absolute Gasteiger partial charge is 0.231 e. The van der Waals surface area contributed by atoms with Gasteiger partial charge in [0.05, 0.1) is 17.2 Å². The van der Waals surface area contributed by atoms with Crippen molar-refractivity contribution in [2.45, 2.75) is 6.54 Å². The highest BCUT2D eigenvalue weighted by Gasteiger charge is 2.12. The van der Waals surface area contributed by atoms with Gasteiger partial charge in [0.1, 0.15) is 5.82 Å². The number of benzene rings is 2. The predicted octanol–water partition coefficient (Wildman–Crippen LogP) is 2.97. The third-order valence-electron chi connectivity index (χ3n) is 3.36. The number of hydrogen-bond donors (Lipinski definition) is 1. The van der Waals surface area contributed by atoms with E-state index in [2.05, 4.69) is 15.3 Å². The Kier molecular flexibility index (Phi) is 2.81. The van der Waals surface area contributed by atoms with E-state index in [1.165, 1.54) is 0 Å². The van der Waals surface area contributed by atoms with Crippen molar-refractivity contribution in [2.75, 3.05) is 12.1 Å². The summed E-state index contributed by atoms with van der Waals surface area (Å²) in [6, 6.07) is 13.7. The molecule has 0 amide bonds. The number of rotatable bonds is 3. The Balaban J connectivity index is 1.52. The van der Waals surface area contributed by atoms with E-state index in [9.17, 15) is 0 Å². The summed E-state index contributed by atoms with van der Waals surface area (Å²) in [5.41, 5.74) is 2.88. The standard InChI is InChI=1S/C16H13N3O2/c1-2-4-13-12(3-1)17-9-16(19-13)18-8-11-5-6-14-15(7-11)21-10-20-14/h1-7,9H,8,10H2,(H,18,19). The first-order valence-electron chi connectivity index (χ1n) is 6.73. The molecule has 1 N–H and O–H groups in total. The molecule has 0 atom stereocenters. The highest BCUT2D eigenvalue weighted by molar-refractivity contribution is 5.75. The van der Waals surface area contributed by atoms with Crippen molar-refractivity contribution in [3.8, 4) is 11.5 Å². The average molecular weight is 279 g/mol. The van der Waals surface area contributed by atoms with E-state index in [0.29, 0.717) is 13.3 Å². The number of ether oxygens (including phenoxy) is 2. The van der Waals surface area contributed by atoms with Gasteiger partial charge in [-0.15, -0.1) is 0 Å². The second-order valence-corrected chi connectivity index (χ2v) is 4.79. The lowest BCUT2D eigenvalue weighted by molar-refractivity contribution is 0.174. The molecule has 0 spiro atoms. The van der Waals surface area contributed by atoms with Crippen LogP contribution < -0.4 is 14.8 Å². The Morgan fingerprint density at radius 2 is 1.86 bits per heavy atom. The molecule has 1 aromatic heterocycles. The normalized spacial score (nSPS) is 12.6. The quantitative estimate of drug-likeness (QED) is 0.798. The Bertz CT molecular complexity index is 804. The predicted molar refractivity (Wildman–Crippen MR) is 79.4 cm³/mol. The zero-order chi connectivity index (χ0) is 14.1. The molecule has 3 aromatic rings. The minimum atomic E-state index is 0.294. The number of hydrogen-bond acceptors (Lipinski definition) is 5. The molecule has 0 fully saturated rings. The van der Waals surface area contributed by atoms with Crippen LogP contribution in [0.2, 0.25) is 0 Å². The van der Waals surface area contributed by atoms with Crippen LogP contribution in [0.4, 0.5) is 5.82 Å². The van der Waals surface area contributed by atoms with Crippen molar-refractivity contribution < 1.29 is 9.47 Å². The number of nitrogens with zero attached hydrogens (tertiary/aromatic N) is 2. The van der Waals surface area contributed by atoms with Crippen molar-refractivity contribution in [2.24, 2.45) is 0 Å². The molecule has 0 unspecified atom stereocenters. The van der Waals surface area contributed by atoms with E-state index in [-0.39, 0.29) is 0 Å². The third kappa shape index (κ3) is 2.33. The van der Waals surface area contributed by atoms with Crippen LogP contribution in [0.1, 0.15) is 5.56 Å². The maximum Gasteiger partial charge on any atom is 0.231 e. The zero-order valence-corrected chi connectivity index (χ0v) is 11.2. The van der Waals surface area contributed by atoms with Gasteiger partial charge in [0.15, 0.2) is 11.5 Å². The van der Waals surface area contributed by atoms with Crippen molar-refractivity contribution >= 4 is 16.9 Å². The Hall–Kier alpha value is -2.82. The maximum atomic E-state index is 5.37. The second kappa shape index (κ2) is 4.94. The molecular formula is C16H13N3O2. The van der Waals surface area contributed by atoms with Crippen molar-refractivity contribution in [3.63, 3.8) is 0 Å². The monoisotopic (exact) mass is 279 g/mol. The molecule has 1 aliphatic heterocycles. The van der Waals surface area contributed by atoms with E-state index < -0.39 is 0 Å². The fourth-order valence-corrected chi connectivity index (χ4v) is 2.29. The minimum absolute atomic E-state index is 0.294. The number of nitrogens with one attached hydrogen (secondary N) is 1. The van der Waals surface area contributed by atoms with Gasteiger partial charge >= 0.3 is 0 Å². The minimum Gasteiger partial charge on any atom is -0.454 e. The second-order valence-electron chi connectivity index (χ2n) is 4.79. The van der Waals surface area contributed by atoms with Gasteiger partial charge in [-0.25, -0.2) is 4.98 Å². The number of anilines is 1. The first-order chi connectivity index (χ1) is 10.4. The van der Waals surface area contributed by atoms with Crippen molar-refractivity contribution in [1.82, 2.24) is 9.97 Å². The van der Waals surface area contributed by atoms with Gasteiger partial charge in [-0.05, 0) is 29.8 Å². The Labute approximate surface area is 121 Å². The SMILES string of the molecule is c1ccc2nc(NCc3ccc4c(c3)OCO4)cnc2c1. The summed E-state index contributed by atoms with van der Waals surface area (Å²) in [4.78, 5) is 8.91. The molecule has 21 heavy (non-hydrogen) atoms. The molecule has 4 rings (SSSR count). The van der Waals surface area contributed by atoms with Gasteiger partial charge < -0.3 is 14.8 Å². The highest BCUT2D eigenvalue weighted by Crippen LogP contribution is 2.32. The molecule has 0 saturated heterocycles. The van der Waals surface area contributed by atoms with Crippen molar-refractivity contribution in [3.05, 3.63) is 54.2 Å². The molecule has 0 radical (unpaired) electrons. The topological polar surface area (TPSA) is 56.3 Å². The highest BCUT2D eigenvalue weighted by atomic mass is 16.7. The lowest BCUT2D eigenvalue weighted by atomic mass is 10.2. The van der Waals surface area contributed by atoms with E-state index in [1.54, 1.807) is 6.20 Å². The van der Waals surface area contributed by atoms with E-state index >= 15 is 0 Å². The van der Waals surface area contributed by atoms with Gasteiger partial charge in [0.2, 0.25) is 6.79 Å². The average Bonchev–Trinajstić information content (AvgIpc) is 3.00. The van der Waals surface area contributed by atoms with Gasteiger partial charge in [-0.3, -0.25) is 4.98 Å². The summed E-state index contributed by atoms with van der Waals surface area (Å²) in [5.74, 6) is 2.34. The van der Waals surface area contributed by atoms with Crippen LogP contribution in [-0.4, -0.2) is 16.8 Å². The zero-order valence-electron chi connectivity index (χ0n) is 11.2. The molecule has 2 heterocycles. The largest absolute Gasteiger partial charge is 0.454 e. The first kappa shape index (κ1) is 12.0. The van der Waals surface area contributed by atoms with Crippen LogP contribution in [-0.2, 0) is 6.54 Å². The molecule has 5 heteroatoms. The molecule has 0 saturated carbocycles. The van der Waals surface area contributed by atoms with Gasteiger partial charge in [-0.2, -0.15) is 0 Å². The van der Waals surface area contributed by atoms with Crippen LogP contribution in [0.15, 0.2) is 48.7 Å². The van der Waals surface area contributed by atoms with Gasteiger partial charge in [0.25, 0.3) is 0 Å². The molecule has 2 aromatic carbocycles. The molecule has 1 aliphatic rings. The number of para-hydroxylation sites is 2. The van der Waals surface area contributed by atoms with E-state index in [1.807, 2.05) is 42.5 Å². The fourth-order valence-electron chi connectivity index (χ4n) is 2.29. The lowest BCUT2D eigenvalue weighted by Gasteiger charge is -2.07. The van der Waals surface area contributed by atoms with Crippen LogP contribution in [0.25, 0.3) is 11.0 Å². The summed E-state index contributed by atoms with van der Waals surface area (Å²) < 4.78 is 10.7. The molecule has 104 valence electrons. The van der Waals surface area contributed by atoms with Gasteiger partial charge in [-0.1, -0.05) is 18.2 Å². The Morgan fingerprint density at radius 3 is 2.81 bits per heavy atom. The maximum absolute atomic E-state index is 5.37. The Morgan fingerprint density at radius 1 is 1.00 bits per heavy atom. The van der Waals surface area contributed by atoms with E-state index in [0.717, 1.165) is 33.9 Å². The molecule has 0 bridgehead atoms. The van der Waals surface area contributed by atoms with Crippen LogP contribution in [0.5, 0.6) is 11.5 Å². The van der Waals surface area contributed by atoms with Crippen LogP contribution in [0, 0.1) is 0 Å². The summed E-state index contributed by atoms with van der Waals surface area (Å²) in [5, 5.41) is 3.27. The molecule has 0 aliphatic carbocycles. The summed E-state index contributed by atoms with van der Waals surface area (Å²) in [7, 11) is 0. The summed E-state index contributed by atoms with van der Waals surface area (Å²) in [6.45, 7) is 0.950. The summed E-state index contributed by atoms with van der Waals surface area (Å²) in [6.07, 6.45) is 1.75. The third-order valence-corrected chi connectivity index (χ3v) is 3.36. The lowest BCUT2D eigenvalue weighted by Crippen LogP contribution is -2.02. The number of aromatic nitrogens is 2. The summed E-state index contributed by atoms with van der Waals surface area (Å²) >= 11 is 0. The first-order valence-corrected chi connectivity index (χ1v) is 6.73. The van der Waals surface area contributed by atoms with Crippen LogP contribution >= 0.6 is 0 Å². The number of fused-ring (bicyclic) bond motifs is 2. The van der Waals surface area contributed by atoms with Crippen molar-refractivity contribution in [1.29, 1.82) is 0 Å².